The molecular formula is C25H30FN3O4. The molecule has 2 aromatic carbocycles. The average Bonchev–Trinajstić information content (AvgIpc) is 3.26. The van der Waals surface area contributed by atoms with E-state index in [-0.39, 0.29) is 19.0 Å². The highest BCUT2D eigenvalue weighted by molar-refractivity contribution is 5.28. The number of hydrogen-bond acceptors (Lipinski definition) is 6. The summed E-state index contributed by atoms with van der Waals surface area (Å²) in [4.78, 5) is 6.19. The summed E-state index contributed by atoms with van der Waals surface area (Å²) in [6, 6.07) is 13.8. The first kappa shape index (κ1) is 23.2. The number of hydrogen-bond donors (Lipinski definition) is 1. The van der Waals surface area contributed by atoms with E-state index in [1.54, 1.807) is 24.7 Å². The third-order valence-corrected chi connectivity index (χ3v) is 5.45. The van der Waals surface area contributed by atoms with Crippen LogP contribution in [0.1, 0.15) is 12.0 Å². The third kappa shape index (κ3) is 7.28. The molecule has 1 aliphatic rings. The molecule has 7 nitrogen and oxygen atoms in total. The van der Waals surface area contributed by atoms with Gasteiger partial charge in [0.15, 0.2) is 0 Å². The van der Waals surface area contributed by atoms with Crippen molar-refractivity contribution in [2.45, 2.75) is 25.1 Å². The minimum Gasteiger partial charge on any atom is -0.494 e. The fourth-order valence-electron chi connectivity index (χ4n) is 3.82. The van der Waals surface area contributed by atoms with Gasteiger partial charge in [-0.25, -0.2) is 9.37 Å². The van der Waals surface area contributed by atoms with Gasteiger partial charge in [0, 0.05) is 38.6 Å². The van der Waals surface area contributed by atoms with E-state index in [9.17, 15) is 9.50 Å². The van der Waals surface area contributed by atoms with Gasteiger partial charge in [-0.2, -0.15) is 0 Å². The highest BCUT2D eigenvalue weighted by Crippen LogP contribution is 2.20. The summed E-state index contributed by atoms with van der Waals surface area (Å²) in [6.07, 6.45) is 6.41. The number of aryl methyl sites for hydroxylation is 1. The molecule has 1 fully saturated rings. The minimum absolute atomic E-state index is 0.0647. The Hall–Kier alpha value is -2.94. The first-order valence-electron chi connectivity index (χ1n) is 11.2. The Balaban J connectivity index is 1.28. The van der Waals surface area contributed by atoms with Crippen LogP contribution in [0, 0.1) is 5.82 Å². The lowest BCUT2D eigenvalue weighted by atomic mass is 10.1. The van der Waals surface area contributed by atoms with Gasteiger partial charge in [-0.05, 0) is 48.4 Å². The van der Waals surface area contributed by atoms with E-state index in [0.29, 0.717) is 38.6 Å². The molecule has 1 aliphatic heterocycles. The highest BCUT2D eigenvalue weighted by Gasteiger charge is 2.33. The first-order chi connectivity index (χ1) is 16.1. The van der Waals surface area contributed by atoms with Gasteiger partial charge >= 0.3 is 0 Å². The van der Waals surface area contributed by atoms with E-state index >= 15 is 0 Å². The molecule has 0 saturated carbocycles. The number of ether oxygens (including phenoxy) is 3. The fraction of sp³-hybridized carbons (Fsp3) is 0.400. The monoisotopic (exact) mass is 455 g/mol. The van der Waals surface area contributed by atoms with E-state index in [2.05, 4.69) is 16.0 Å². The molecule has 176 valence electrons. The molecule has 1 atom stereocenters. The summed E-state index contributed by atoms with van der Waals surface area (Å²) in [5.41, 5.74) is -0.0578. The number of halogens is 1. The molecule has 1 N–H and O–H groups in total. The van der Waals surface area contributed by atoms with Crippen LogP contribution in [0.25, 0.3) is 0 Å². The molecule has 0 unspecified atom stereocenters. The number of benzene rings is 2. The van der Waals surface area contributed by atoms with E-state index in [4.69, 9.17) is 14.2 Å². The molecule has 4 rings (SSSR count). The predicted molar refractivity (Wildman–Crippen MR) is 122 cm³/mol. The van der Waals surface area contributed by atoms with Crippen LogP contribution in [0.15, 0.2) is 67.3 Å². The van der Waals surface area contributed by atoms with Crippen LogP contribution >= 0.6 is 0 Å². The molecule has 0 radical (unpaired) electrons. The summed E-state index contributed by atoms with van der Waals surface area (Å²) in [7, 11) is 0. The van der Waals surface area contributed by atoms with Crippen LogP contribution in [0.3, 0.4) is 0 Å². The summed E-state index contributed by atoms with van der Waals surface area (Å²) in [6.45, 7) is 4.04. The molecule has 0 spiro atoms. The minimum atomic E-state index is -1.16. The normalized spacial score (nSPS) is 19.2. The van der Waals surface area contributed by atoms with Crippen LogP contribution in [0.4, 0.5) is 4.39 Å². The van der Waals surface area contributed by atoms with Gasteiger partial charge in [-0.3, -0.25) is 4.90 Å². The van der Waals surface area contributed by atoms with Crippen LogP contribution in [0.5, 0.6) is 11.5 Å². The Labute approximate surface area is 193 Å². The number of aromatic nitrogens is 2. The van der Waals surface area contributed by atoms with Crippen LogP contribution in [-0.4, -0.2) is 64.7 Å². The largest absolute Gasteiger partial charge is 0.494 e. The van der Waals surface area contributed by atoms with Crippen molar-refractivity contribution < 1.29 is 23.7 Å². The molecule has 3 aromatic rings. The molecule has 0 aliphatic carbocycles. The van der Waals surface area contributed by atoms with E-state index in [1.165, 1.54) is 12.1 Å². The van der Waals surface area contributed by atoms with E-state index < -0.39 is 5.60 Å². The first-order valence-corrected chi connectivity index (χ1v) is 11.2. The number of aliphatic hydroxyl groups is 1. The van der Waals surface area contributed by atoms with Crippen molar-refractivity contribution in [1.29, 1.82) is 0 Å². The van der Waals surface area contributed by atoms with Crippen molar-refractivity contribution in [1.82, 2.24) is 14.5 Å². The number of β-amino-alcohol motifs (C(OH)–C–C–N with tert-alkyl or cyclic N) is 1. The van der Waals surface area contributed by atoms with Crippen LogP contribution in [0.2, 0.25) is 0 Å². The number of nitrogens with zero attached hydrogens (tertiary/aromatic N) is 3. The molecule has 33 heavy (non-hydrogen) atoms. The van der Waals surface area contributed by atoms with Crippen molar-refractivity contribution in [2.24, 2.45) is 0 Å². The van der Waals surface area contributed by atoms with Gasteiger partial charge in [-0.15, -0.1) is 0 Å². The quantitative estimate of drug-likeness (QED) is 0.474. The molecule has 1 saturated heterocycles. The maximum Gasteiger partial charge on any atom is 0.134 e. The number of rotatable bonds is 10. The van der Waals surface area contributed by atoms with Crippen LogP contribution < -0.4 is 9.47 Å². The zero-order valence-corrected chi connectivity index (χ0v) is 18.6. The topological polar surface area (TPSA) is 69.0 Å². The van der Waals surface area contributed by atoms with Crippen molar-refractivity contribution in [2.75, 3.05) is 39.5 Å². The van der Waals surface area contributed by atoms with Gasteiger partial charge in [0.05, 0.1) is 26.1 Å². The third-order valence-electron chi connectivity index (χ3n) is 5.45. The maximum absolute atomic E-state index is 13.1. The highest BCUT2D eigenvalue weighted by atomic mass is 19.1. The van der Waals surface area contributed by atoms with Gasteiger partial charge < -0.3 is 23.9 Å². The van der Waals surface area contributed by atoms with Gasteiger partial charge in [0.1, 0.15) is 29.5 Å². The molecule has 1 aromatic heterocycles. The smallest absolute Gasteiger partial charge is 0.134 e. The SMILES string of the molecule is O[C@@]1(COc2ccc(F)cc2)COCCN(Cc2cccc(OCCCn3ccnc3)c2)C1. The second-order valence-corrected chi connectivity index (χ2v) is 8.38. The fourth-order valence-corrected chi connectivity index (χ4v) is 3.82. The molecule has 2 heterocycles. The standard InChI is InChI=1S/C25H30FN3O4/c26-22-5-7-23(8-6-22)33-19-25(30)17-29(12-14-31-18-25)16-21-3-1-4-24(15-21)32-13-2-10-28-11-9-27-20-28/h1,3-9,11,15,20,30H,2,10,12-14,16-19H2/t25-/m1/s1. The second-order valence-electron chi connectivity index (χ2n) is 8.38. The van der Waals surface area contributed by atoms with E-state index in [0.717, 1.165) is 24.3 Å². The molecule has 0 amide bonds. The van der Waals surface area contributed by atoms with Gasteiger partial charge in [0.25, 0.3) is 0 Å². The van der Waals surface area contributed by atoms with E-state index in [1.807, 2.05) is 29.0 Å². The average molecular weight is 456 g/mol. The maximum atomic E-state index is 13.1. The van der Waals surface area contributed by atoms with Crippen molar-refractivity contribution in [3.63, 3.8) is 0 Å². The summed E-state index contributed by atoms with van der Waals surface area (Å²) >= 11 is 0. The molecule has 0 bridgehead atoms. The number of imidazole rings is 1. The lowest BCUT2D eigenvalue weighted by Crippen LogP contribution is -2.48. The van der Waals surface area contributed by atoms with Gasteiger partial charge in [0.2, 0.25) is 0 Å². The van der Waals surface area contributed by atoms with Crippen molar-refractivity contribution in [3.8, 4) is 11.5 Å². The zero-order chi connectivity index (χ0) is 22.9. The summed E-state index contributed by atoms with van der Waals surface area (Å²) in [5.74, 6) is 1.02. The molecule has 8 heteroatoms. The summed E-state index contributed by atoms with van der Waals surface area (Å²) in [5, 5.41) is 11.1. The van der Waals surface area contributed by atoms with Crippen molar-refractivity contribution >= 4 is 0 Å². The lowest BCUT2D eigenvalue weighted by Gasteiger charge is -2.30. The van der Waals surface area contributed by atoms with Crippen LogP contribution in [-0.2, 0) is 17.8 Å². The second kappa shape index (κ2) is 11.3. The van der Waals surface area contributed by atoms with Crippen molar-refractivity contribution in [3.05, 3.63) is 78.6 Å². The Morgan fingerprint density at radius 3 is 2.82 bits per heavy atom. The Kier molecular flexibility index (Phi) is 7.93. The van der Waals surface area contributed by atoms with Gasteiger partial charge in [-0.1, -0.05) is 12.1 Å². The lowest BCUT2D eigenvalue weighted by molar-refractivity contribution is -0.0646. The molecular weight excluding hydrogens is 425 g/mol. The predicted octanol–water partition coefficient (Wildman–Crippen LogP) is 3.13. The Morgan fingerprint density at radius 2 is 2.00 bits per heavy atom. The zero-order valence-electron chi connectivity index (χ0n) is 18.6. The summed E-state index contributed by atoms with van der Waals surface area (Å²) < 4.78 is 32.4. The Bertz CT molecular complexity index is 984. The Morgan fingerprint density at radius 1 is 1.12 bits per heavy atom.